The second-order valence-corrected chi connectivity index (χ2v) is 7.16. The van der Waals surface area contributed by atoms with Crippen LogP contribution in [0.15, 0.2) is 17.5 Å². The molecule has 2 heterocycles. The van der Waals surface area contributed by atoms with E-state index in [2.05, 4.69) is 0 Å². The highest BCUT2D eigenvalue weighted by Crippen LogP contribution is 2.43. The topological polar surface area (TPSA) is 37.4 Å². The highest BCUT2D eigenvalue weighted by Gasteiger charge is 2.44. The molecule has 2 fully saturated rings. The third-order valence-corrected chi connectivity index (χ3v) is 5.59. The number of Topliss-reactive ketones (excluding diaryl/α,β-unsaturated/α-hetero) is 1. The summed E-state index contributed by atoms with van der Waals surface area (Å²) >= 11 is 1.45. The number of amides is 1. The molecule has 0 unspecified atom stereocenters. The molecule has 1 spiro atoms. The number of rotatable bonds is 4. The van der Waals surface area contributed by atoms with Gasteiger partial charge in [-0.05, 0) is 24.3 Å². The quantitative estimate of drug-likeness (QED) is 0.796. The second kappa shape index (κ2) is 5.68. The first-order valence-corrected chi connectivity index (χ1v) is 8.41. The third-order valence-electron chi connectivity index (χ3n) is 4.68. The lowest BCUT2D eigenvalue weighted by Gasteiger charge is -2.52. The Morgan fingerprint density at radius 2 is 1.90 bits per heavy atom. The lowest BCUT2D eigenvalue weighted by molar-refractivity contribution is -0.145. The van der Waals surface area contributed by atoms with E-state index < -0.39 is 0 Å². The molecule has 20 heavy (non-hydrogen) atoms. The van der Waals surface area contributed by atoms with Crippen LogP contribution in [0.5, 0.6) is 0 Å². The van der Waals surface area contributed by atoms with Crippen LogP contribution in [0.1, 0.15) is 54.6 Å². The molecule has 0 radical (unpaired) electrons. The monoisotopic (exact) mass is 291 g/mol. The Hall–Kier alpha value is -1.16. The van der Waals surface area contributed by atoms with Gasteiger partial charge in [-0.15, -0.1) is 11.3 Å². The summed E-state index contributed by atoms with van der Waals surface area (Å²) in [7, 11) is 0. The largest absolute Gasteiger partial charge is 0.341 e. The van der Waals surface area contributed by atoms with Crippen LogP contribution in [0.4, 0.5) is 0 Å². The van der Waals surface area contributed by atoms with Crippen LogP contribution in [0.25, 0.3) is 0 Å². The first-order chi connectivity index (χ1) is 9.69. The summed E-state index contributed by atoms with van der Waals surface area (Å²) in [6, 6.07) is 3.71. The molecule has 0 N–H and O–H groups in total. The number of ketones is 1. The fraction of sp³-hybridized carbons (Fsp3) is 0.625. The number of likely N-dealkylation sites (tertiary alicyclic amines) is 1. The highest BCUT2D eigenvalue weighted by atomic mass is 32.1. The zero-order chi connectivity index (χ0) is 14.0. The van der Waals surface area contributed by atoms with Crippen molar-refractivity contribution in [3.63, 3.8) is 0 Å². The lowest BCUT2D eigenvalue weighted by atomic mass is 9.68. The van der Waals surface area contributed by atoms with E-state index >= 15 is 0 Å². The summed E-state index contributed by atoms with van der Waals surface area (Å²) in [5, 5.41) is 1.90. The molecule has 4 heteroatoms. The van der Waals surface area contributed by atoms with Crippen LogP contribution in [0.2, 0.25) is 0 Å². The Labute approximate surface area is 124 Å². The predicted molar refractivity (Wildman–Crippen MR) is 80.0 cm³/mol. The fourth-order valence-corrected chi connectivity index (χ4v) is 4.19. The molecule has 108 valence electrons. The summed E-state index contributed by atoms with van der Waals surface area (Å²) in [4.78, 5) is 26.7. The average Bonchev–Trinajstić information content (AvgIpc) is 2.97. The van der Waals surface area contributed by atoms with E-state index in [0.29, 0.717) is 18.3 Å². The number of carbonyl (C=O) groups is 2. The number of carbonyl (C=O) groups excluding carboxylic acids is 2. The van der Waals surface area contributed by atoms with Crippen molar-refractivity contribution in [1.82, 2.24) is 4.90 Å². The van der Waals surface area contributed by atoms with Crippen molar-refractivity contribution < 1.29 is 9.59 Å². The molecule has 1 saturated heterocycles. The van der Waals surface area contributed by atoms with Crippen molar-refractivity contribution in [2.24, 2.45) is 5.41 Å². The molecule has 3 rings (SSSR count). The molecule has 1 aromatic rings. The van der Waals surface area contributed by atoms with Crippen LogP contribution < -0.4 is 0 Å². The van der Waals surface area contributed by atoms with Gasteiger partial charge in [0.2, 0.25) is 5.91 Å². The van der Waals surface area contributed by atoms with Gasteiger partial charge in [0.25, 0.3) is 0 Å². The van der Waals surface area contributed by atoms with Gasteiger partial charge in [0.1, 0.15) is 0 Å². The van der Waals surface area contributed by atoms with Gasteiger partial charge in [0.15, 0.2) is 5.78 Å². The number of nitrogens with zero attached hydrogens (tertiary/aromatic N) is 1. The molecule has 0 atom stereocenters. The van der Waals surface area contributed by atoms with Gasteiger partial charge in [0.05, 0.1) is 4.88 Å². The first kappa shape index (κ1) is 13.8. The maximum atomic E-state index is 12.1. The standard InChI is InChI=1S/C16H21NO2S/c18-13(14-5-4-10-20-14)6-7-15(19)17-11-16(12-17)8-2-1-3-9-16/h4-5,10H,1-3,6-9,11-12H2. The molecule has 1 aromatic heterocycles. The minimum Gasteiger partial charge on any atom is -0.341 e. The number of hydrogen-bond acceptors (Lipinski definition) is 3. The van der Waals surface area contributed by atoms with Crippen LogP contribution in [0, 0.1) is 5.41 Å². The summed E-state index contributed by atoms with van der Waals surface area (Å²) < 4.78 is 0. The van der Waals surface area contributed by atoms with Crippen LogP contribution in [-0.2, 0) is 4.79 Å². The summed E-state index contributed by atoms with van der Waals surface area (Å²) in [5.74, 6) is 0.257. The van der Waals surface area contributed by atoms with Crippen molar-refractivity contribution in [3.8, 4) is 0 Å². The molecule has 1 aliphatic carbocycles. The number of hydrogen-bond donors (Lipinski definition) is 0. The minimum atomic E-state index is 0.0984. The van der Waals surface area contributed by atoms with Gasteiger partial charge < -0.3 is 4.90 Å². The van der Waals surface area contributed by atoms with Crippen LogP contribution >= 0.6 is 11.3 Å². The van der Waals surface area contributed by atoms with Crippen molar-refractivity contribution >= 4 is 23.0 Å². The minimum absolute atomic E-state index is 0.0984. The maximum absolute atomic E-state index is 12.1. The molecule has 0 aromatic carbocycles. The zero-order valence-corrected chi connectivity index (χ0v) is 12.6. The molecular weight excluding hydrogens is 270 g/mol. The van der Waals surface area contributed by atoms with Crippen LogP contribution in [-0.4, -0.2) is 29.7 Å². The van der Waals surface area contributed by atoms with E-state index in [9.17, 15) is 9.59 Å². The Balaban J connectivity index is 1.43. The molecule has 0 bridgehead atoms. The zero-order valence-electron chi connectivity index (χ0n) is 11.8. The Morgan fingerprint density at radius 3 is 2.55 bits per heavy atom. The van der Waals surface area contributed by atoms with E-state index in [1.165, 1.54) is 43.4 Å². The summed E-state index contributed by atoms with van der Waals surface area (Å²) in [5.41, 5.74) is 0.436. The molecule has 3 nitrogen and oxygen atoms in total. The summed E-state index contributed by atoms with van der Waals surface area (Å²) in [6.07, 6.45) is 7.27. The Kier molecular flexibility index (Phi) is 3.92. The third kappa shape index (κ3) is 2.80. The lowest BCUT2D eigenvalue weighted by Crippen LogP contribution is -2.59. The molecule has 1 amide bonds. The van der Waals surface area contributed by atoms with Crippen LogP contribution in [0.3, 0.4) is 0 Å². The van der Waals surface area contributed by atoms with Gasteiger partial charge in [-0.1, -0.05) is 25.3 Å². The van der Waals surface area contributed by atoms with Gasteiger partial charge >= 0.3 is 0 Å². The van der Waals surface area contributed by atoms with Gasteiger partial charge in [0, 0.05) is 31.3 Å². The number of thiophene rings is 1. The SMILES string of the molecule is O=C(CCC(=O)N1CC2(CCCCC2)C1)c1cccs1. The van der Waals surface area contributed by atoms with E-state index in [0.717, 1.165) is 18.0 Å². The van der Waals surface area contributed by atoms with Crippen molar-refractivity contribution in [1.29, 1.82) is 0 Å². The Bertz CT molecular complexity index is 481. The highest BCUT2D eigenvalue weighted by molar-refractivity contribution is 7.12. The average molecular weight is 291 g/mol. The molecule has 2 aliphatic rings. The molecule has 1 aliphatic heterocycles. The Morgan fingerprint density at radius 1 is 1.15 bits per heavy atom. The van der Waals surface area contributed by atoms with Gasteiger partial charge in [-0.2, -0.15) is 0 Å². The van der Waals surface area contributed by atoms with E-state index in [4.69, 9.17) is 0 Å². The molecule has 1 saturated carbocycles. The second-order valence-electron chi connectivity index (χ2n) is 6.21. The van der Waals surface area contributed by atoms with E-state index in [1.54, 1.807) is 0 Å². The van der Waals surface area contributed by atoms with Gasteiger partial charge in [-0.3, -0.25) is 9.59 Å². The summed E-state index contributed by atoms with van der Waals surface area (Å²) in [6.45, 7) is 1.86. The molecular formula is C16H21NO2S. The smallest absolute Gasteiger partial charge is 0.223 e. The first-order valence-electron chi connectivity index (χ1n) is 7.53. The van der Waals surface area contributed by atoms with Gasteiger partial charge in [-0.25, -0.2) is 0 Å². The van der Waals surface area contributed by atoms with E-state index in [1.807, 2.05) is 22.4 Å². The van der Waals surface area contributed by atoms with Crippen molar-refractivity contribution in [2.45, 2.75) is 44.9 Å². The normalized spacial score (nSPS) is 20.7. The van der Waals surface area contributed by atoms with E-state index in [-0.39, 0.29) is 11.7 Å². The predicted octanol–water partition coefficient (Wildman–Crippen LogP) is 3.50. The maximum Gasteiger partial charge on any atom is 0.223 e. The van der Waals surface area contributed by atoms with Crippen molar-refractivity contribution in [2.75, 3.05) is 13.1 Å². The van der Waals surface area contributed by atoms with Crippen molar-refractivity contribution in [3.05, 3.63) is 22.4 Å². The fourth-order valence-electron chi connectivity index (χ4n) is 3.50.